The Morgan fingerprint density at radius 2 is 1.00 bits per heavy atom. The number of halogens is 1. The number of hydrogen-bond donors (Lipinski definition) is 1. The standard InChI is InChI=1S/C36H37FO7/c37-31(36(38)39)33-35(43-24-29-19-11-4-12-20-29)34(42-23-28-17-9-3-10-18-28)32(41-22-27-15-7-2-8-16-27)30(44-33)25-40-21-26-13-5-1-6-14-26/h1-20,30-35H,21-25H2,(H,38,39)/t30-,31?,32-,33-,34+,35-/m0/s1. The summed E-state index contributed by atoms with van der Waals surface area (Å²) in [5.74, 6) is -1.64. The molecule has 1 N–H and O–H groups in total. The Labute approximate surface area is 257 Å². The maximum absolute atomic E-state index is 15.5. The molecule has 1 aliphatic rings. The molecular weight excluding hydrogens is 563 g/mol. The first-order chi connectivity index (χ1) is 21.6. The molecule has 230 valence electrons. The second-order valence-corrected chi connectivity index (χ2v) is 10.7. The lowest BCUT2D eigenvalue weighted by Crippen LogP contribution is -2.64. The second-order valence-electron chi connectivity index (χ2n) is 10.7. The Morgan fingerprint density at radius 1 is 0.614 bits per heavy atom. The van der Waals surface area contributed by atoms with Crippen LogP contribution < -0.4 is 0 Å². The molecule has 8 heteroatoms. The molecule has 0 spiro atoms. The van der Waals surface area contributed by atoms with Gasteiger partial charge < -0.3 is 28.8 Å². The van der Waals surface area contributed by atoms with Gasteiger partial charge in [-0.3, -0.25) is 0 Å². The van der Waals surface area contributed by atoms with Gasteiger partial charge in [0.1, 0.15) is 30.5 Å². The zero-order valence-corrected chi connectivity index (χ0v) is 24.3. The summed E-state index contributed by atoms with van der Waals surface area (Å²) in [4.78, 5) is 12.0. The van der Waals surface area contributed by atoms with E-state index in [1.54, 1.807) is 0 Å². The lowest BCUT2D eigenvalue weighted by atomic mass is 9.91. The molecule has 5 rings (SSSR count). The van der Waals surface area contributed by atoms with E-state index in [-0.39, 0.29) is 33.0 Å². The van der Waals surface area contributed by atoms with Crippen molar-refractivity contribution >= 4 is 5.97 Å². The summed E-state index contributed by atoms with van der Waals surface area (Å²) in [6, 6.07) is 38.2. The minimum absolute atomic E-state index is 0.0216. The molecule has 4 aromatic carbocycles. The van der Waals surface area contributed by atoms with E-state index in [9.17, 15) is 9.90 Å². The average molecular weight is 601 g/mol. The van der Waals surface area contributed by atoms with Gasteiger partial charge in [0.25, 0.3) is 0 Å². The van der Waals surface area contributed by atoms with Crippen LogP contribution >= 0.6 is 0 Å². The van der Waals surface area contributed by atoms with Gasteiger partial charge in [0.15, 0.2) is 0 Å². The van der Waals surface area contributed by atoms with E-state index in [1.807, 2.05) is 121 Å². The fourth-order valence-corrected chi connectivity index (χ4v) is 5.20. The van der Waals surface area contributed by atoms with Crippen LogP contribution in [0.1, 0.15) is 22.3 Å². The number of aliphatic carboxylic acids is 1. The Bertz CT molecular complexity index is 1390. The van der Waals surface area contributed by atoms with Crippen molar-refractivity contribution in [3.63, 3.8) is 0 Å². The van der Waals surface area contributed by atoms with Crippen molar-refractivity contribution in [3.05, 3.63) is 144 Å². The number of alkyl halides is 1. The van der Waals surface area contributed by atoms with Crippen LogP contribution in [-0.2, 0) is 54.9 Å². The molecule has 0 bridgehead atoms. The maximum Gasteiger partial charge on any atom is 0.341 e. The zero-order chi connectivity index (χ0) is 30.6. The van der Waals surface area contributed by atoms with Crippen LogP contribution in [0.2, 0.25) is 0 Å². The maximum atomic E-state index is 15.5. The minimum Gasteiger partial charge on any atom is -0.479 e. The first kappa shape index (κ1) is 31.5. The fourth-order valence-electron chi connectivity index (χ4n) is 5.20. The molecule has 0 aromatic heterocycles. The highest BCUT2D eigenvalue weighted by Gasteiger charge is 2.52. The lowest BCUT2D eigenvalue weighted by Gasteiger charge is -2.46. The SMILES string of the molecule is O=C(O)C(F)[C@@H]1O[C@@H](COCc2ccccc2)[C@H](OCc2ccccc2)[C@@H](OCc2ccccc2)[C@H]1OCc1ccccc1. The normalized spacial score (nSPS) is 22.3. The summed E-state index contributed by atoms with van der Waals surface area (Å²) in [6.07, 6.45) is -7.44. The van der Waals surface area contributed by atoms with Gasteiger partial charge in [-0.2, -0.15) is 0 Å². The van der Waals surface area contributed by atoms with Crippen LogP contribution in [0.3, 0.4) is 0 Å². The third kappa shape index (κ3) is 8.81. The van der Waals surface area contributed by atoms with Crippen molar-refractivity contribution in [2.24, 2.45) is 0 Å². The van der Waals surface area contributed by atoms with Gasteiger partial charge in [-0.05, 0) is 22.3 Å². The number of carbonyl (C=O) groups is 1. The Morgan fingerprint density at radius 3 is 1.43 bits per heavy atom. The third-order valence-corrected chi connectivity index (χ3v) is 7.44. The van der Waals surface area contributed by atoms with Crippen LogP contribution in [0.25, 0.3) is 0 Å². The van der Waals surface area contributed by atoms with Crippen LogP contribution in [-0.4, -0.2) is 54.4 Å². The van der Waals surface area contributed by atoms with E-state index in [0.29, 0.717) is 0 Å². The molecule has 4 aromatic rings. The molecule has 6 atom stereocenters. The molecule has 0 amide bonds. The van der Waals surface area contributed by atoms with Gasteiger partial charge in [0, 0.05) is 0 Å². The molecule has 0 saturated carbocycles. The van der Waals surface area contributed by atoms with E-state index in [4.69, 9.17) is 23.7 Å². The fraction of sp³-hybridized carbons (Fsp3) is 0.306. The summed E-state index contributed by atoms with van der Waals surface area (Å²) in [5.41, 5.74) is 3.62. The molecule has 1 heterocycles. The van der Waals surface area contributed by atoms with Crippen molar-refractivity contribution in [2.75, 3.05) is 6.61 Å². The highest BCUT2D eigenvalue weighted by Crippen LogP contribution is 2.33. The summed E-state index contributed by atoms with van der Waals surface area (Å²) in [5, 5.41) is 9.75. The summed E-state index contributed by atoms with van der Waals surface area (Å²) in [7, 11) is 0. The van der Waals surface area contributed by atoms with Gasteiger partial charge in [0.2, 0.25) is 6.17 Å². The predicted molar refractivity (Wildman–Crippen MR) is 162 cm³/mol. The third-order valence-electron chi connectivity index (χ3n) is 7.44. The number of benzene rings is 4. The zero-order valence-electron chi connectivity index (χ0n) is 24.3. The highest BCUT2D eigenvalue weighted by atomic mass is 19.1. The first-order valence-electron chi connectivity index (χ1n) is 14.7. The number of ether oxygens (including phenoxy) is 5. The van der Waals surface area contributed by atoms with Gasteiger partial charge in [-0.15, -0.1) is 0 Å². The van der Waals surface area contributed by atoms with Crippen molar-refractivity contribution in [1.29, 1.82) is 0 Å². The topological polar surface area (TPSA) is 83.5 Å². The second kappa shape index (κ2) is 16.2. The predicted octanol–water partition coefficient (Wildman–Crippen LogP) is 6.15. The quantitative estimate of drug-likeness (QED) is 0.175. The molecule has 1 saturated heterocycles. The van der Waals surface area contributed by atoms with E-state index < -0.39 is 42.7 Å². The molecule has 1 fully saturated rings. The summed E-state index contributed by atoms with van der Waals surface area (Å²) in [6.45, 7) is 0.815. The van der Waals surface area contributed by atoms with E-state index in [1.165, 1.54) is 0 Å². The van der Waals surface area contributed by atoms with Crippen LogP contribution in [0, 0.1) is 0 Å². The van der Waals surface area contributed by atoms with Crippen molar-refractivity contribution < 1.29 is 38.0 Å². The van der Waals surface area contributed by atoms with E-state index in [2.05, 4.69) is 0 Å². The van der Waals surface area contributed by atoms with Crippen LogP contribution in [0.15, 0.2) is 121 Å². The van der Waals surface area contributed by atoms with Crippen LogP contribution in [0.5, 0.6) is 0 Å². The molecule has 0 aliphatic carbocycles. The van der Waals surface area contributed by atoms with Crippen molar-refractivity contribution in [1.82, 2.24) is 0 Å². The molecule has 7 nitrogen and oxygen atoms in total. The van der Waals surface area contributed by atoms with Gasteiger partial charge in [0.05, 0.1) is 33.0 Å². The van der Waals surface area contributed by atoms with Gasteiger partial charge >= 0.3 is 5.97 Å². The summed E-state index contributed by atoms with van der Waals surface area (Å²) < 4.78 is 47.0. The highest BCUT2D eigenvalue weighted by molar-refractivity contribution is 5.73. The Hall–Kier alpha value is -3.92. The molecule has 44 heavy (non-hydrogen) atoms. The molecule has 1 unspecified atom stereocenters. The first-order valence-corrected chi connectivity index (χ1v) is 14.7. The number of rotatable bonds is 15. The largest absolute Gasteiger partial charge is 0.479 e. The average Bonchev–Trinajstić information content (AvgIpc) is 3.07. The minimum atomic E-state index is -2.37. The number of carboxylic acids is 1. The number of carboxylic acid groups (broad SMARTS) is 1. The van der Waals surface area contributed by atoms with Gasteiger partial charge in [-0.25, -0.2) is 9.18 Å². The Kier molecular flexibility index (Phi) is 11.6. The van der Waals surface area contributed by atoms with E-state index in [0.717, 1.165) is 22.3 Å². The lowest BCUT2D eigenvalue weighted by molar-refractivity contribution is -0.281. The molecule has 0 radical (unpaired) electrons. The van der Waals surface area contributed by atoms with Crippen LogP contribution in [0.4, 0.5) is 4.39 Å². The Balaban J connectivity index is 1.45. The monoisotopic (exact) mass is 600 g/mol. The van der Waals surface area contributed by atoms with Crippen molar-refractivity contribution in [2.45, 2.75) is 63.1 Å². The van der Waals surface area contributed by atoms with Gasteiger partial charge in [-0.1, -0.05) is 121 Å². The van der Waals surface area contributed by atoms with Crippen molar-refractivity contribution in [3.8, 4) is 0 Å². The smallest absolute Gasteiger partial charge is 0.341 e. The van der Waals surface area contributed by atoms with E-state index >= 15 is 4.39 Å². The molecular formula is C36H37FO7. The summed E-state index contributed by atoms with van der Waals surface area (Å²) >= 11 is 0. The molecule has 1 aliphatic heterocycles. The number of hydrogen-bond acceptors (Lipinski definition) is 6.